The Morgan fingerprint density at radius 3 is 2.53 bits per heavy atom. The van der Waals surface area contributed by atoms with Crippen LogP contribution in [-0.4, -0.2) is 51.1 Å². The van der Waals surface area contributed by atoms with Gasteiger partial charge in [-0.25, -0.2) is 4.99 Å². The minimum Gasteiger partial charge on any atom is -0.372 e. The van der Waals surface area contributed by atoms with Crippen LogP contribution in [0.2, 0.25) is 0 Å². The fraction of sp³-hybridized carbons (Fsp3) is 0.462. The third kappa shape index (κ3) is 7.01. The molecule has 0 aliphatic carbocycles. The van der Waals surface area contributed by atoms with Crippen molar-refractivity contribution in [3.8, 4) is 0 Å². The molecule has 0 aromatic heterocycles. The first-order chi connectivity index (χ1) is 16.1. The third-order valence-corrected chi connectivity index (χ3v) is 6.30. The predicted molar refractivity (Wildman–Crippen MR) is 151 cm³/mol. The van der Waals surface area contributed by atoms with E-state index in [1.807, 2.05) is 0 Å². The number of hydrogen-bond acceptors (Lipinski definition) is 4. The Kier molecular flexibility index (Phi) is 9.86. The number of halogens is 1. The number of piperazine rings is 1. The highest BCUT2D eigenvalue weighted by atomic mass is 127. The van der Waals surface area contributed by atoms with Gasteiger partial charge in [0.05, 0.1) is 19.1 Å². The van der Waals surface area contributed by atoms with Crippen molar-refractivity contribution in [1.82, 2.24) is 16.0 Å². The van der Waals surface area contributed by atoms with E-state index in [-0.39, 0.29) is 35.9 Å². The van der Waals surface area contributed by atoms with Crippen LogP contribution < -0.4 is 25.8 Å². The monoisotopic (exact) mass is 576 g/mol. The normalized spacial score (nSPS) is 17.1. The molecule has 2 heterocycles. The molecule has 0 radical (unpaired) electrons. The smallest absolute Gasteiger partial charge is 0.239 e. The zero-order chi connectivity index (χ0) is 23.0. The molecule has 1 atom stereocenters. The fourth-order valence-corrected chi connectivity index (χ4v) is 4.42. The number of carbonyl (C=O) groups excluding carboxylic acids is 1. The summed E-state index contributed by atoms with van der Waals surface area (Å²) >= 11 is 0. The molecule has 0 saturated carbocycles. The second kappa shape index (κ2) is 12.8. The molecule has 1 amide bonds. The number of benzene rings is 2. The van der Waals surface area contributed by atoms with Crippen molar-refractivity contribution < 1.29 is 4.79 Å². The Labute approximate surface area is 220 Å². The number of nitrogens with one attached hydrogen (secondary N) is 3. The van der Waals surface area contributed by atoms with Gasteiger partial charge >= 0.3 is 0 Å². The van der Waals surface area contributed by atoms with Crippen LogP contribution in [0.3, 0.4) is 0 Å². The van der Waals surface area contributed by atoms with Gasteiger partial charge in [0.15, 0.2) is 5.96 Å². The number of aliphatic imine (C=N–C) groups is 1. The van der Waals surface area contributed by atoms with Crippen LogP contribution in [0.25, 0.3) is 0 Å². The molecule has 0 bridgehead atoms. The maximum atomic E-state index is 11.6. The molecule has 0 spiro atoms. The molecule has 2 aliphatic rings. The van der Waals surface area contributed by atoms with Gasteiger partial charge in [-0.3, -0.25) is 4.79 Å². The number of amides is 1. The zero-order valence-corrected chi connectivity index (χ0v) is 22.5. The number of nitrogens with zero attached hydrogens (tertiary/aromatic N) is 3. The minimum absolute atomic E-state index is 0. The van der Waals surface area contributed by atoms with Crippen molar-refractivity contribution in [3.05, 3.63) is 59.7 Å². The standard InChI is InChI=1S/C26H36N6O.HI/c1-3-27-26(30-20(2)22-7-6-8-24(17-22)31-14-4-5-15-31)29-18-21-9-11-23(12-10-21)32-16-13-28-25(33)19-32;/h6-12,17,20H,3-5,13-16,18-19H2,1-2H3,(H,28,33)(H2,27,29,30);1H. The molecule has 7 nitrogen and oxygen atoms in total. The molecular weight excluding hydrogens is 539 g/mol. The SMILES string of the molecule is CCNC(=NCc1ccc(N2CCNC(=O)C2)cc1)NC(C)c1cccc(N2CCCC2)c1.I. The summed E-state index contributed by atoms with van der Waals surface area (Å²) in [5, 5.41) is 9.79. The van der Waals surface area contributed by atoms with Crippen LogP contribution in [0, 0.1) is 0 Å². The molecule has 184 valence electrons. The first kappa shape index (κ1) is 26.1. The van der Waals surface area contributed by atoms with E-state index in [2.05, 4.69) is 88.1 Å². The van der Waals surface area contributed by atoms with E-state index in [1.54, 1.807) is 0 Å². The molecule has 2 aliphatic heterocycles. The highest BCUT2D eigenvalue weighted by Gasteiger charge is 2.17. The lowest BCUT2D eigenvalue weighted by Crippen LogP contribution is -2.47. The van der Waals surface area contributed by atoms with Gasteiger partial charge in [-0.1, -0.05) is 24.3 Å². The van der Waals surface area contributed by atoms with Gasteiger partial charge in [0, 0.05) is 44.1 Å². The Balaban J connectivity index is 0.00000324. The third-order valence-electron chi connectivity index (χ3n) is 6.30. The largest absolute Gasteiger partial charge is 0.372 e. The lowest BCUT2D eigenvalue weighted by Gasteiger charge is -2.28. The summed E-state index contributed by atoms with van der Waals surface area (Å²) in [6, 6.07) is 17.3. The highest BCUT2D eigenvalue weighted by molar-refractivity contribution is 14.0. The average Bonchev–Trinajstić information content (AvgIpc) is 3.38. The molecule has 4 rings (SSSR count). The molecule has 2 aromatic carbocycles. The summed E-state index contributed by atoms with van der Waals surface area (Å²) in [5.41, 5.74) is 4.79. The molecule has 2 saturated heterocycles. The molecule has 2 fully saturated rings. The fourth-order valence-electron chi connectivity index (χ4n) is 4.42. The summed E-state index contributed by atoms with van der Waals surface area (Å²) < 4.78 is 0. The maximum Gasteiger partial charge on any atom is 0.239 e. The van der Waals surface area contributed by atoms with Crippen molar-refractivity contribution in [2.45, 2.75) is 39.3 Å². The minimum atomic E-state index is 0. The topological polar surface area (TPSA) is 72.0 Å². The molecule has 34 heavy (non-hydrogen) atoms. The summed E-state index contributed by atoms with van der Waals surface area (Å²) in [4.78, 5) is 21.0. The first-order valence-corrected chi connectivity index (χ1v) is 12.1. The van der Waals surface area contributed by atoms with Gasteiger partial charge in [0.25, 0.3) is 0 Å². The molecular formula is C26H37IN6O. The van der Waals surface area contributed by atoms with E-state index in [4.69, 9.17) is 4.99 Å². The molecule has 3 N–H and O–H groups in total. The Morgan fingerprint density at radius 2 is 1.82 bits per heavy atom. The summed E-state index contributed by atoms with van der Waals surface area (Å²) in [6.07, 6.45) is 2.56. The lowest BCUT2D eigenvalue weighted by molar-refractivity contribution is -0.120. The molecule has 1 unspecified atom stereocenters. The maximum absolute atomic E-state index is 11.6. The van der Waals surface area contributed by atoms with E-state index in [0.717, 1.165) is 43.4 Å². The molecule has 2 aromatic rings. The zero-order valence-electron chi connectivity index (χ0n) is 20.2. The first-order valence-electron chi connectivity index (χ1n) is 12.1. The van der Waals surface area contributed by atoms with Crippen LogP contribution >= 0.6 is 24.0 Å². The number of guanidine groups is 1. The van der Waals surface area contributed by atoms with E-state index in [1.165, 1.54) is 24.1 Å². The van der Waals surface area contributed by atoms with E-state index < -0.39 is 0 Å². The van der Waals surface area contributed by atoms with Crippen LogP contribution in [0.5, 0.6) is 0 Å². The summed E-state index contributed by atoms with van der Waals surface area (Å²) in [7, 11) is 0. The van der Waals surface area contributed by atoms with Gasteiger partial charge in [-0.2, -0.15) is 0 Å². The Morgan fingerprint density at radius 1 is 1.06 bits per heavy atom. The van der Waals surface area contributed by atoms with E-state index in [0.29, 0.717) is 19.6 Å². The van der Waals surface area contributed by atoms with E-state index >= 15 is 0 Å². The van der Waals surface area contributed by atoms with Crippen LogP contribution in [-0.2, 0) is 11.3 Å². The van der Waals surface area contributed by atoms with Crippen LogP contribution in [0.15, 0.2) is 53.5 Å². The number of rotatable bonds is 7. The predicted octanol–water partition coefficient (Wildman–Crippen LogP) is 3.66. The van der Waals surface area contributed by atoms with E-state index in [9.17, 15) is 4.79 Å². The second-order valence-corrected chi connectivity index (χ2v) is 8.79. The van der Waals surface area contributed by atoms with Gasteiger partial charge in [0.2, 0.25) is 5.91 Å². The van der Waals surface area contributed by atoms with Crippen LogP contribution in [0.1, 0.15) is 43.9 Å². The van der Waals surface area contributed by atoms with Crippen molar-refractivity contribution in [2.75, 3.05) is 49.1 Å². The van der Waals surface area contributed by atoms with Gasteiger partial charge in [-0.15, -0.1) is 24.0 Å². The highest BCUT2D eigenvalue weighted by Crippen LogP contribution is 2.24. The lowest BCUT2D eigenvalue weighted by atomic mass is 10.1. The van der Waals surface area contributed by atoms with Gasteiger partial charge in [-0.05, 0) is 62.1 Å². The number of carbonyl (C=O) groups is 1. The average molecular weight is 577 g/mol. The molecule has 8 heteroatoms. The Bertz CT molecular complexity index is 958. The summed E-state index contributed by atoms with van der Waals surface area (Å²) in [6.45, 7) is 9.93. The van der Waals surface area contributed by atoms with Crippen molar-refractivity contribution in [3.63, 3.8) is 0 Å². The van der Waals surface area contributed by atoms with Crippen LogP contribution in [0.4, 0.5) is 11.4 Å². The second-order valence-electron chi connectivity index (χ2n) is 8.79. The van der Waals surface area contributed by atoms with Gasteiger partial charge < -0.3 is 25.8 Å². The van der Waals surface area contributed by atoms with Gasteiger partial charge in [0.1, 0.15) is 0 Å². The Hall–Kier alpha value is -2.49. The van der Waals surface area contributed by atoms with Crippen molar-refractivity contribution >= 4 is 47.2 Å². The van der Waals surface area contributed by atoms with Crippen molar-refractivity contribution in [1.29, 1.82) is 0 Å². The van der Waals surface area contributed by atoms with Crippen molar-refractivity contribution in [2.24, 2.45) is 4.99 Å². The number of hydrogen-bond donors (Lipinski definition) is 3. The summed E-state index contributed by atoms with van der Waals surface area (Å²) in [5.74, 6) is 0.893. The quantitative estimate of drug-likeness (QED) is 0.267. The number of anilines is 2.